The number of alkyl halides is 2. The van der Waals surface area contributed by atoms with E-state index in [1.165, 1.54) is 4.90 Å². The van der Waals surface area contributed by atoms with E-state index in [4.69, 9.17) is 0 Å². The zero-order valence-corrected chi connectivity index (χ0v) is 10.7. The van der Waals surface area contributed by atoms with Gasteiger partial charge < -0.3 is 4.90 Å². The molecular formula is C16H13F2NO. The summed E-state index contributed by atoms with van der Waals surface area (Å²) in [7, 11) is 0. The van der Waals surface area contributed by atoms with E-state index < -0.39 is 17.9 Å². The van der Waals surface area contributed by atoms with Gasteiger partial charge in [-0.1, -0.05) is 60.7 Å². The number of halogens is 2. The highest BCUT2D eigenvalue weighted by Crippen LogP contribution is 2.47. The Kier molecular flexibility index (Phi) is 3.01. The van der Waals surface area contributed by atoms with E-state index in [1.54, 1.807) is 30.3 Å². The van der Waals surface area contributed by atoms with Gasteiger partial charge in [-0.25, -0.2) is 0 Å². The summed E-state index contributed by atoms with van der Waals surface area (Å²) < 4.78 is 27.7. The highest BCUT2D eigenvalue weighted by molar-refractivity contribution is 5.91. The molecular weight excluding hydrogens is 260 g/mol. The van der Waals surface area contributed by atoms with Crippen molar-refractivity contribution in [1.82, 2.24) is 4.90 Å². The van der Waals surface area contributed by atoms with Crippen molar-refractivity contribution in [1.29, 1.82) is 0 Å². The molecule has 1 aliphatic rings. The first-order chi connectivity index (χ1) is 9.60. The molecule has 1 heterocycles. The van der Waals surface area contributed by atoms with Gasteiger partial charge in [-0.2, -0.15) is 8.78 Å². The van der Waals surface area contributed by atoms with Gasteiger partial charge in [0.2, 0.25) is 0 Å². The standard InChI is InChI=1S/C16H13F2NO/c17-16(18)14(13-9-5-2-6-10-13)19(15(16)20)11-12-7-3-1-4-8-12/h1-10,14H,11H2/t14-/m0/s1. The van der Waals surface area contributed by atoms with Crippen LogP contribution in [0.15, 0.2) is 60.7 Å². The zero-order valence-electron chi connectivity index (χ0n) is 10.7. The number of β-lactam (4-membered cyclic amide) rings is 1. The molecule has 0 unspecified atom stereocenters. The smallest absolute Gasteiger partial charge is 0.319 e. The zero-order chi connectivity index (χ0) is 14.2. The van der Waals surface area contributed by atoms with Crippen LogP contribution in [0.4, 0.5) is 8.78 Å². The fraction of sp³-hybridized carbons (Fsp3) is 0.188. The lowest BCUT2D eigenvalue weighted by Crippen LogP contribution is -2.63. The molecule has 0 aliphatic carbocycles. The number of carbonyl (C=O) groups is 1. The molecule has 1 amide bonds. The van der Waals surface area contributed by atoms with Crippen LogP contribution in [0.2, 0.25) is 0 Å². The molecule has 0 saturated carbocycles. The number of rotatable bonds is 3. The number of likely N-dealkylation sites (tertiary alicyclic amines) is 1. The molecule has 1 saturated heterocycles. The van der Waals surface area contributed by atoms with Crippen molar-refractivity contribution in [3.63, 3.8) is 0 Å². The Morgan fingerprint density at radius 1 is 0.950 bits per heavy atom. The quantitative estimate of drug-likeness (QED) is 0.785. The van der Waals surface area contributed by atoms with Crippen LogP contribution in [0.3, 0.4) is 0 Å². The van der Waals surface area contributed by atoms with Crippen LogP contribution in [0.1, 0.15) is 17.2 Å². The minimum absolute atomic E-state index is 0.203. The van der Waals surface area contributed by atoms with Crippen LogP contribution in [-0.4, -0.2) is 16.7 Å². The number of carbonyl (C=O) groups excluding carboxylic acids is 1. The Morgan fingerprint density at radius 2 is 1.50 bits per heavy atom. The highest BCUT2D eigenvalue weighted by atomic mass is 19.3. The Bertz CT molecular complexity index is 613. The summed E-state index contributed by atoms with van der Waals surface area (Å²) in [6.45, 7) is 0.203. The van der Waals surface area contributed by atoms with Crippen LogP contribution < -0.4 is 0 Å². The maximum atomic E-state index is 13.8. The molecule has 1 atom stereocenters. The summed E-state index contributed by atoms with van der Waals surface area (Å²) in [4.78, 5) is 12.9. The molecule has 0 N–H and O–H groups in total. The van der Waals surface area contributed by atoms with Gasteiger partial charge in [0.1, 0.15) is 6.04 Å². The maximum absolute atomic E-state index is 13.8. The summed E-state index contributed by atoms with van der Waals surface area (Å²) in [6, 6.07) is 16.4. The summed E-state index contributed by atoms with van der Waals surface area (Å²) in [6.07, 6.45) is 0. The van der Waals surface area contributed by atoms with Crippen molar-refractivity contribution in [2.24, 2.45) is 0 Å². The first-order valence-electron chi connectivity index (χ1n) is 6.38. The Morgan fingerprint density at radius 3 is 2.10 bits per heavy atom. The van der Waals surface area contributed by atoms with Gasteiger partial charge in [-0.3, -0.25) is 4.79 Å². The normalized spacial score (nSPS) is 20.6. The van der Waals surface area contributed by atoms with Crippen LogP contribution in [0.5, 0.6) is 0 Å². The molecule has 2 aromatic carbocycles. The lowest BCUT2D eigenvalue weighted by atomic mass is 9.89. The molecule has 4 heteroatoms. The molecule has 2 nitrogen and oxygen atoms in total. The number of amides is 1. The number of nitrogens with zero attached hydrogens (tertiary/aromatic N) is 1. The van der Waals surface area contributed by atoms with E-state index in [-0.39, 0.29) is 6.54 Å². The number of hydrogen-bond donors (Lipinski definition) is 0. The van der Waals surface area contributed by atoms with E-state index in [2.05, 4.69) is 0 Å². The third kappa shape index (κ3) is 1.97. The van der Waals surface area contributed by atoms with E-state index in [9.17, 15) is 13.6 Å². The lowest BCUT2D eigenvalue weighted by molar-refractivity contribution is -0.207. The molecule has 0 radical (unpaired) electrons. The first-order valence-corrected chi connectivity index (χ1v) is 6.38. The van der Waals surface area contributed by atoms with Crippen molar-refractivity contribution in [2.75, 3.05) is 0 Å². The van der Waals surface area contributed by atoms with Crippen molar-refractivity contribution in [3.8, 4) is 0 Å². The van der Waals surface area contributed by atoms with Gasteiger partial charge in [-0.05, 0) is 11.1 Å². The van der Waals surface area contributed by atoms with Crippen LogP contribution in [0.25, 0.3) is 0 Å². The second-order valence-electron chi connectivity index (χ2n) is 4.85. The van der Waals surface area contributed by atoms with Crippen LogP contribution in [-0.2, 0) is 11.3 Å². The van der Waals surface area contributed by atoms with Gasteiger partial charge in [-0.15, -0.1) is 0 Å². The summed E-state index contributed by atoms with van der Waals surface area (Å²) in [5.74, 6) is -4.41. The van der Waals surface area contributed by atoms with Gasteiger partial charge >= 0.3 is 5.92 Å². The average molecular weight is 273 g/mol. The topological polar surface area (TPSA) is 20.3 Å². The maximum Gasteiger partial charge on any atom is 0.348 e. The molecule has 0 spiro atoms. The van der Waals surface area contributed by atoms with Crippen LogP contribution >= 0.6 is 0 Å². The molecule has 0 aromatic heterocycles. The fourth-order valence-electron chi connectivity index (χ4n) is 2.52. The molecule has 1 fully saturated rings. The second kappa shape index (κ2) is 4.71. The Hall–Kier alpha value is -2.23. The third-order valence-corrected chi connectivity index (χ3v) is 3.51. The predicted octanol–water partition coefficient (Wildman–Crippen LogP) is 3.41. The minimum atomic E-state index is -3.31. The predicted molar refractivity (Wildman–Crippen MR) is 71.1 cm³/mol. The first kappa shape index (κ1) is 12.8. The molecule has 1 aliphatic heterocycles. The van der Waals surface area contributed by atoms with Gasteiger partial charge in [0.15, 0.2) is 0 Å². The fourth-order valence-corrected chi connectivity index (χ4v) is 2.52. The van der Waals surface area contributed by atoms with Gasteiger partial charge in [0.05, 0.1) is 0 Å². The Labute approximate surface area is 115 Å². The third-order valence-electron chi connectivity index (χ3n) is 3.51. The van der Waals surface area contributed by atoms with E-state index in [1.807, 2.05) is 30.3 Å². The second-order valence-corrected chi connectivity index (χ2v) is 4.85. The van der Waals surface area contributed by atoms with E-state index in [0.29, 0.717) is 5.56 Å². The van der Waals surface area contributed by atoms with Crippen molar-refractivity contribution < 1.29 is 13.6 Å². The van der Waals surface area contributed by atoms with E-state index >= 15 is 0 Å². The number of hydrogen-bond acceptors (Lipinski definition) is 1. The molecule has 3 rings (SSSR count). The largest absolute Gasteiger partial charge is 0.348 e. The van der Waals surface area contributed by atoms with Crippen LogP contribution in [0, 0.1) is 0 Å². The summed E-state index contributed by atoms with van der Waals surface area (Å²) in [5.41, 5.74) is 1.31. The molecule has 102 valence electrons. The van der Waals surface area contributed by atoms with Gasteiger partial charge in [0, 0.05) is 6.54 Å². The SMILES string of the molecule is O=C1N(Cc2ccccc2)[C@@H](c2ccccc2)C1(F)F. The van der Waals surface area contributed by atoms with E-state index in [0.717, 1.165) is 5.56 Å². The van der Waals surface area contributed by atoms with Gasteiger partial charge in [0.25, 0.3) is 5.91 Å². The monoisotopic (exact) mass is 273 g/mol. The molecule has 2 aromatic rings. The molecule has 20 heavy (non-hydrogen) atoms. The molecule has 0 bridgehead atoms. The minimum Gasteiger partial charge on any atom is -0.319 e. The summed E-state index contributed by atoms with van der Waals surface area (Å²) in [5, 5.41) is 0. The van der Waals surface area contributed by atoms with Crippen molar-refractivity contribution in [2.45, 2.75) is 18.5 Å². The average Bonchev–Trinajstić information content (AvgIpc) is 2.48. The Balaban J connectivity index is 1.88. The summed E-state index contributed by atoms with van der Waals surface area (Å²) >= 11 is 0. The van der Waals surface area contributed by atoms with Crippen molar-refractivity contribution >= 4 is 5.91 Å². The number of benzene rings is 2. The lowest BCUT2D eigenvalue weighted by Gasteiger charge is -2.46. The highest BCUT2D eigenvalue weighted by Gasteiger charge is 2.63. The van der Waals surface area contributed by atoms with Crippen molar-refractivity contribution in [3.05, 3.63) is 71.8 Å².